The Bertz CT molecular complexity index is 1440. The Labute approximate surface area is 212 Å². The molecule has 2 aromatic carbocycles. The maximum Gasteiger partial charge on any atom is 0.264 e. The summed E-state index contributed by atoms with van der Waals surface area (Å²) in [7, 11) is 0. The molecule has 180 valence electrons. The van der Waals surface area contributed by atoms with Crippen molar-refractivity contribution in [1.29, 1.82) is 0 Å². The maximum absolute atomic E-state index is 13.7. The van der Waals surface area contributed by atoms with Gasteiger partial charge in [-0.2, -0.15) is 0 Å². The van der Waals surface area contributed by atoms with Crippen molar-refractivity contribution in [3.05, 3.63) is 64.3 Å². The zero-order valence-corrected chi connectivity index (χ0v) is 21.1. The van der Waals surface area contributed by atoms with Crippen molar-refractivity contribution in [3.63, 3.8) is 0 Å². The summed E-state index contributed by atoms with van der Waals surface area (Å²) in [5.74, 6) is 0.313. The average Bonchev–Trinajstić information content (AvgIpc) is 3.26. The quantitative estimate of drug-likeness (QED) is 0.404. The van der Waals surface area contributed by atoms with Crippen LogP contribution in [0.25, 0.3) is 21.0 Å². The second-order valence-corrected chi connectivity index (χ2v) is 10.5. The highest BCUT2D eigenvalue weighted by Gasteiger charge is 2.41. The zero-order chi connectivity index (χ0) is 24.7. The van der Waals surface area contributed by atoms with E-state index in [2.05, 4.69) is 9.97 Å². The summed E-state index contributed by atoms with van der Waals surface area (Å²) in [4.78, 5) is 39.9. The van der Waals surface area contributed by atoms with E-state index in [4.69, 9.17) is 17.3 Å². The van der Waals surface area contributed by atoms with Crippen LogP contribution in [0, 0.1) is 0 Å². The molecular weight excluding hydrogens is 482 g/mol. The van der Waals surface area contributed by atoms with Gasteiger partial charge in [0.25, 0.3) is 5.91 Å². The molecule has 1 fully saturated rings. The number of benzene rings is 2. The van der Waals surface area contributed by atoms with Gasteiger partial charge in [0.05, 0.1) is 10.4 Å². The Kier molecular flexibility index (Phi) is 6.34. The number of thiophene rings is 1. The summed E-state index contributed by atoms with van der Waals surface area (Å²) in [6.45, 7) is 4.95. The predicted molar refractivity (Wildman–Crippen MR) is 141 cm³/mol. The molecule has 5 rings (SSSR count). The Morgan fingerprint density at radius 3 is 2.83 bits per heavy atom. The van der Waals surface area contributed by atoms with E-state index in [9.17, 15) is 9.59 Å². The molecule has 9 heteroatoms. The fourth-order valence-corrected chi connectivity index (χ4v) is 5.92. The molecule has 2 amide bonds. The normalized spacial score (nSPS) is 18.5. The lowest BCUT2D eigenvalue weighted by Crippen LogP contribution is -2.61. The Morgan fingerprint density at radius 1 is 1.20 bits per heavy atom. The molecule has 2 atom stereocenters. The molecule has 1 saturated heterocycles. The van der Waals surface area contributed by atoms with Gasteiger partial charge in [0.15, 0.2) is 0 Å². The third-order valence-corrected chi connectivity index (χ3v) is 7.87. The predicted octanol–water partition coefficient (Wildman–Crippen LogP) is 5.12. The number of anilines is 1. The van der Waals surface area contributed by atoms with E-state index in [-0.39, 0.29) is 17.9 Å². The number of carbonyl (C=O) groups excluding carboxylic acids is 2. The SMILES string of the molecule is CCC[C@H]1C(=O)N(Cc2ccc3c(N)ncnc3c2)[C@@H](C)CN1C(=O)c1cc2cc(Cl)ccc2s1. The summed E-state index contributed by atoms with van der Waals surface area (Å²) in [5.41, 5.74) is 7.66. The van der Waals surface area contributed by atoms with Crippen molar-refractivity contribution < 1.29 is 9.59 Å². The summed E-state index contributed by atoms with van der Waals surface area (Å²) >= 11 is 7.57. The number of nitrogens with zero attached hydrogens (tertiary/aromatic N) is 4. The van der Waals surface area contributed by atoms with Gasteiger partial charge in [-0.3, -0.25) is 9.59 Å². The second kappa shape index (κ2) is 9.43. The van der Waals surface area contributed by atoms with Crippen molar-refractivity contribution in [2.75, 3.05) is 12.3 Å². The molecule has 0 saturated carbocycles. The minimum Gasteiger partial charge on any atom is -0.383 e. The highest BCUT2D eigenvalue weighted by atomic mass is 35.5. The molecule has 0 radical (unpaired) electrons. The fourth-order valence-electron chi connectivity index (χ4n) is 4.74. The summed E-state index contributed by atoms with van der Waals surface area (Å²) in [5, 5.41) is 2.37. The van der Waals surface area contributed by atoms with Crippen LogP contribution in [0.3, 0.4) is 0 Å². The van der Waals surface area contributed by atoms with Crippen LogP contribution in [0.1, 0.15) is 41.9 Å². The summed E-state index contributed by atoms with van der Waals surface area (Å²) < 4.78 is 1.00. The number of nitrogens with two attached hydrogens (primary N) is 1. The number of rotatable bonds is 5. The van der Waals surface area contributed by atoms with Crippen LogP contribution in [-0.2, 0) is 11.3 Å². The van der Waals surface area contributed by atoms with Crippen molar-refractivity contribution in [3.8, 4) is 0 Å². The molecule has 3 heterocycles. The number of amides is 2. The molecule has 35 heavy (non-hydrogen) atoms. The highest BCUT2D eigenvalue weighted by Crippen LogP contribution is 2.31. The number of hydrogen-bond donors (Lipinski definition) is 1. The van der Waals surface area contributed by atoms with Crippen molar-refractivity contribution in [2.45, 2.75) is 45.3 Å². The average molecular weight is 508 g/mol. The highest BCUT2D eigenvalue weighted by molar-refractivity contribution is 7.20. The van der Waals surface area contributed by atoms with Gasteiger partial charge < -0.3 is 15.5 Å². The maximum atomic E-state index is 13.7. The van der Waals surface area contributed by atoms with Crippen molar-refractivity contribution in [1.82, 2.24) is 19.8 Å². The van der Waals surface area contributed by atoms with Gasteiger partial charge in [-0.25, -0.2) is 9.97 Å². The first kappa shape index (κ1) is 23.5. The Hall–Kier alpha value is -3.23. The Balaban J connectivity index is 1.41. The van der Waals surface area contributed by atoms with E-state index >= 15 is 0 Å². The number of carbonyl (C=O) groups is 2. The number of nitrogen functional groups attached to an aromatic ring is 1. The van der Waals surface area contributed by atoms with Gasteiger partial charge in [-0.15, -0.1) is 11.3 Å². The van der Waals surface area contributed by atoms with E-state index in [1.807, 2.05) is 61.2 Å². The van der Waals surface area contributed by atoms with Gasteiger partial charge >= 0.3 is 0 Å². The van der Waals surface area contributed by atoms with E-state index in [0.29, 0.717) is 35.2 Å². The van der Waals surface area contributed by atoms with Crippen LogP contribution >= 0.6 is 22.9 Å². The standard InChI is InChI=1S/C26H26ClN5O2S/c1-3-4-21-25(33)31(13-16-5-7-19-20(9-16)29-14-30-24(19)28)15(2)12-32(21)26(34)23-11-17-10-18(27)6-8-22(17)35-23/h5-11,14-15,21H,3-4,12-13H2,1-2H3,(H2,28,29,30)/t15-,21-/m0/s1. The van der Waals surface area contributed by atoms with Gasteiger partial charge in [0.2, 0.25) is 5.91 Å². The number of aromatic nitrogens is 2. The number of hydrogen-bond acceptors (Lipinski definition) is 6. The lowest BCUT2D eigenvalue weighted by molar-refractivity contribution is -0.144. The van der Waals surface area contributed by atoms with E-state index < -0.39 is 6.04 Å². The minimum absolute atomic E-state index is 0.0228. The lowest BCUT2D eigenvalue weighted by Gasteiger charge is -2.44. The molecule has 0 aliphatic carbocycles. The van der Waals surface area contributed by atoms with Crippen LogP contribution in [0.5, 0.6) is 0 Å². The molecule has 1 aliphatic heterocycles. The van der Waals surface area contributed by atoms with Crippen LogP contribution in [-0.4, -0.2) is 50.2 Å². The molecular formula is C26H26ClN5O2S. The van der Waals surface area contributed by atoms with Gasteiger partial charge in [0, 0.05) is 34.2 Å². The summed E-state index contributed by atoms with van der Waals surface area (Å²) in [6, 6.07) is 12.7. The van der Waals surface area contributed by atoms with E-state index in [1.54, 1.807) is 4.90 Å². The van der Waals surface area contributed by atoms with Crippen molar-refractivity contribution >= 4 is 61.6 Å². The fraction of sp³-hybridized carbons (Fsp3) is 0.308. The van der Waals surface area contributed by atoms with Gasteiger partial charge in [0.1, 0.15) is 18.2 Å². The first-order chi connectivity index (χ1) is 16.9. The van der Waals surface area contributed by atoms with Crippen LogP contribution in [0.15, 0.2) is 48.8 Å². The minimum atomic E-state index is -0.490. The molecule has 7 nitrogen and oxygen atoms in total. The lowest BCUT2D eigenvalue weighted by atomic mass is 10.0. The molecule has 0 spiro atoms. The second-order valence-electron chi connectivity index (χ2n) is 8.98. The molecule has 4 aromatic rings. The van der Waals surface area contributed by atoms with E-state index in [0.717, 1.165) is 33.0 Å². The third-order valence-electron chi connectivity index (χ3n) is 6.53. The molecule has 1 aliphatic rings. The molecule has 2 N–H and O–H groups in total. The number of fused-ring (bicyclic) bond motifs is 2. The van der Waals surface area contributed by atoms with Crippen LogP contribution < -0.4 is 5.73 Å². The molecule has 0 unspecified atom stereocenters. The van der Waals surface area contributed by atoms with Crippen LogP contribution in [0.2, 0.25) is 5.02 Å². The largest absolute Gasteiger partial charge is 0.383 e. The number of halogens is 1. The monoisotopic (exact) mass is 507 g/mol. The van der Waals surface area contributed by atoms with Crippen LogP contribution in [0.4, 0.5) is 5.82 Å². The first-order valence-corrected chi connectivity index (χ1v) is 12.8. The molecule has 0 bridgehead atoms. The smallest absolute Gasteiger partial charge is 0.264 e. The zero-order valence-electron chi connectivity index (χ0n) is 19.6. The summed E-state index contributed by atoms with van der Waals surface area (Å²) in [6.07, 6.45) is 2.86. The van der Waals surface area contributed by atoms with Crippen molar-refractivity contribution in [2.24, 2.45) is 0 Å². The first-order valence-electron chi connectivity index (χ1n) is 11.7. The van der Waals surface area contributed by atoms with Gasteiger partial charge in [-0.05, 0) is 60.7 Å². The number of piperazine rings is 1. The molecule has 2 aromatic heterocycles. The van der Waals surface area contributed by atoms with Gasteiger partial charge in [-0.1, -0.05) is 31.0 Å². The van der Waals surface area contributed by atoms with E-state index in [1.165, 1.54) is 17.7 Å². The topological polar surface area (TPSA) is 92.4 Å². The Morgan fingerprint density at radius 2 is 2.03 bits per heavy atom. The third kappa shape index (κ3) is 4.44.